The Morgan fingerprint density at radius 3 is 2.40 bits per heavy atom. The summed E-state index contributed by atoms with van der Waals surface area (Å²) in [5.74, 6) is -3.00. The third-order valence-corrected chi connectivity index (χ3v) is 4.11. The van der Waals surface area contributed by atoms with Gasteiger partial charge in [-0.1, -0.05) is 30.3 Å². The van der Waals surface area contributed by atoms with Crippen molar-refractivity contribution in [2.45, 2.75) is 19.2 Å². The molecule has 1 unspecified atom stereocenters. The van der Waals surface area contributed by atoms with Crippen molar-refractivity contribution in [2.24, 2.45) is 0 Å². The van der Waals surface area contributed by atoms with Crippen molar-refractivity contribution in [3.63, 3.8) is 0 Å². The minimum atomic E-state index is -4.83. The van der Waals surface area contributed by atoms with Gasteiger partial charge in [0.2, 0.25) is 0 Å². The number of aromatic nitrogens is 1. The summed E-state index contributed by atoms with van der Waals surface area (Å²) in [5.41, 5.74) is 2.01. The monoisotopic (exact) mass is 421 g/mol. The van der Waals surface area contributed by atoms with E-state index in [1.165, 1.54) is 49.4 Å². The molecule has 3 rings (SSSR count). The van der Waals surface area contributed by atoms with Crippen LogP contribution in [0.1, 0.15) is 22.8 Å². The molecule has 1 aromatic heterocycles. The van der Waals surface area contributed by atoms with Crippen LogP contribution in [-0.2, 0) is 11.0 Å². The third kappa shape index (κ3) is 4.48. The molecule has 1 atom stereocenters. The molecule has 0 saturated carbocycles. The lowest BCUT2D eigenvalue weighted by Gasteiger charge is -2.17. The Bertz CT molecular complexity index is 1100. The highest BCUT2D eigenvalue weighted by Gasteiger charge is 2.37. The predicted molar refractivity (Wildman–Crippen MR) is 98.8 cm³/mol. The topological polar surface area (TPSA) is 80.3 Å². The van der Waals surface area contributed by atoms with Crippen LogP contribution in [0.15, 0.2) is 54.7 Å². The zero-order valence-electron chi connectivity index (χ0n) is 15.5. The summed E-state index contributed by atoms with van der Waals surface area (Å²) in [7, 11) is 0. The van der Waals surface area contributed by atoms with Gasteiger partial charge in [0, 0.05) is 11.6 Å². The normalized spacial score (nSPS) is 12.3. The zero-order chi connectivity index (χ0) is 21.9. The SMILES string of the molecule is CC(Oc1ccccc1F)C(=O)NNC(=O)c1cnc2ccccc2c1C(F)(F)F. The summed E-state index contributed by atoms with van der Waals surface area (Å²) in [6.45, 7) is 1.28. The quantitative estimate of drug-likeness (QED) is 0.498. The molecule has 156 valence electrons. The second-order valence-electron chi connectivity index (χ2n) is 6.20. The first-order chi connectivity index (χ1) is 14.2. The zero-order valence-corrected chi connectivity index (χ0v) is 15.5. The molecule has 3 aromatic rings. The van der Waals surface area contributed by atoms with Crippen LogP contribution in [0.5, 0.6) is 5.75 Å². The fourth-order valence-corrected chi connectivity index (χ4v) is 2.69. The van der Waals surface area contributed by atoms with E-state index in [2.05, 4.69) is 4.98 Å². The van der Waals surface area contributed by atoms with E-state index in [4.69, 9.17) is 4.74 Å². The molecule has 10 heteroatoms. The van der Waals surface area contributed by atoms with Crippen LogP contribution in [0.25, 0.3) is 10.9 Å². The van der Waals surface area contributed by atoms with E-state index in [0.29, 0.717) is 0 Å². The lowest BCUT2D eigenvalue weighted by atomic mass is 10.0. The molecule has 0 aliphatic carbocycles. The van der Waals surface area contributed by atoms with Gasteiger partial charge >= 0.3 is 6.18 Å². The Balaban J connectivity index is 1.75. The van der Waals surface area contributed by atoms with E-state index in [1.54, 1.807) is 0 Å². The Hall–Kier alpha value is -3.69. The number of carbonyl (C=O) groups is 2. The number of nitrogens with zero attached hydrogens (tertiary/aromatic N) is 1. The van der Waals surface area contributed by atoms with Gasteiger partial charge in [-0.25, -0.2) is 4.39 Å². The molecule has 6 nitrogen and oxygen atoms in total. The predicted octanol–water partition coefficient (Wildman–Crippen LogP) is 3.62. The number of nitrogens with one attached hydrogen (secondary N) is 2. The van der Waals surface area contributed by atoms with E-state index >= 15 is 0 Å². The van der Waals surface area contributed by atoms with Crippen molar-refractivity contribution >= 4 is 22.7 Å². The molecule has 2 amide bonds. The van der Waals surface area contributed by atoms with Crippen molar-refractivity contribution in [1.29, 1.82) is 0 Å². The van der Waals surface area contributed by atoms with Crippen LogP contribution in [0.3, 0.4) is 0 Å². The summed E-state index contributed by atoms with van der Waals surface area (Å²) in [4.78, 5) is 28.3. The van der Waals surface area contributed by atoms with Crippen LogP contribution in [0.4, 0.5) is 17.6 Å². The molecule has 0 saturated heterocycles. The van der Waals surface area contributed by atoms with Crippen LogP contribution in [0, 0.1) is 5.82 Å². The Morgan fingerprint density at radius 2 is 1.70 bits per heavy atom. The molecule has 0 radical (unpaired) electrons. The molecule has 2 N–H and O–H groups in total. The van der Waals surface area contributed by atoms with Gasteiger partial charge < -0.3 is 4.74 Å². The largest absolute Gasteiger partial charge is 0.478 e. The molecule has 1 heterocycles. The first-order valence-corrected chi connectivity index (χ1v) is 8.65. The average Bonchev–Trinajstić information content (AvgIpc) is 2.71. The summed E-state index contributed by atoms with van der Waals surface area (Å²) < 4.78 is 59.5. The molecule has 0 aliphatic heterocycles. The van der Waals surface area contributed by atoms with Crippen molar-refractivity contribution in [3.8, 4) is 5.75 Å². The minimum absolute atomic E-state index is 0.0670. The number of halogens is 4. The van der Waals surface area contributed by atoms with Gasteiger partial charge in [0.25, 0.3) is 11.8 Å². The fourth-order valence-electron chi connectivity index (χ4n) is 2.69. The number of amides is 2. The van der Waals surface area contributed by atoms with Crippen LogP contribution >= 0.6 is 0 Å². The highest BCUT2D eigenvalue weighted by Crippen LogP contribution is 2.36. The standard InChI is InChI=1S/C20H15F4N3O3/c1-11(30-16-9-5-3-7-14(16)21)18(28)26-27-19(29)13-10-25-15-8-4-2-6-12(15)17(13)20(22,23)24/h2-11H,1H3,(H,26,28)(H,27,29). The van der Waals surface area contributed by atoms with Crippen molar-refractivity contribution in [2.75, 3.05) is 0 Å². The number of hydrogen-bond donors (Lipinski definition) is 2. The molecule has 0 fully saturated rings. The number of para-hydroxylation sites is 2. The van der Waals surface area contributed by atoms with E-state index < -0.39 is 41.0 Å². The first kappa shape index (κ1) is 21.0. The van der Waals surface area contributed by atoms with Crippen molar-refractivity contribution in [3.05, 3.63) is 71.7 Å². The van der Waals surface area contributed by atoms with Crippen LogP contribution in [-0.4, -0.2) is 22.9 Å². The number of pyridine rings is 1. The first-order valence-electron chi connectivity index (χ1n) is 8.65. The lowest BCUT2D eigenvalue weighted by molar-refractivity contribution is -0.136. The van der Waals surface area contributed by atoms with Gasteiger partial charge in [-0.3, -0.25) is 25.4 Å². The maximum Gasteiger partial charge on any atom is 0.417 e. The number of benzene rings is 2. The summed E-state index contributed by atoms with van der Waals surface area (Å²) >= 11 is 0. The van der Waals surface area contributed by atoms with Crippen LogP contribution < -0.4 is 15.6 Å². The molecule has 30 heavy (non-hydrogen) atoms. The van der Waals surface area contributed by atoms with E-state index in [9.17, 15) is 27.2 Å². The number of rotatable bonds is 4. The van der Waals surface area contributed by atoms with Gasteiger partial charge in [0.15, 0.2) is 17.7 Å². The number of fused-ring (bicyclic) bond motifs is 1. The third-order valence-electron chi connectivity index (χ3n) is 4.11. The average molecular weight is 421 g/mol. The van der Waals surface area contributed by atoms with Gasteiger partial charge in [-0.05, 0) is 25.1 Å². The van der Waals surface area contributed by atoms with E-state index in [1.807, 2.05) is 10.9 Å². The van der Waals surface area contributed by atoms with Gasteiger partial charge in [0.1, 0.15) is 0 Å². The maximum absolute atomic E-state index is 13.6. The minimum Gasteiger partial charge on any atom is -0.478 e. The second kappa shape index (κ2) is 8.36. The van der Waals surface area contributed by atoms with Gasteiger partial charge in [0.05, 0.1) is 16.6 Å². The molecule has 2 aromatic carbocycles. The number of hydrogen-bond acceptors (Lipinski definition) is 4. The van der Waals surface area contributed by atoms with Crippen molar-refractivity contribution < 1.29 is 31.9 Å². The molecular weight excluding hydrogens is 406 g/mol. The van der Waals surface area contributed by atoms with Gasteiger partial charge in [-0.2, -0.15) is 13.2 Å². The van der Waals surface area contributed by atoms with Crippen LogP contribution in [0.2, 0.25) is 0 Å². The number of carbonyl (C=O) groups excluding carboxylic acids is 2. The molecule has 0 spiro atoms. The Morgan fingerprint density at radius 1 is 1.03 bits per heavy atom. The Labute approximate surface area is 167 Å². The Kier molecular flexibility index (Phi) is 5.86. The number of alkyl halides is 3. The maximum atomic E-state index is 13.6. The summed E-state index contributed by atoms with van der Waals surface area (Å²) in [6, 6.07) is 10.9. The molecular formula is C20H15F4N3O3. The number of ether oxygens (including phenoxy) is 1. The highest BCUT2D eigenvalue weighted by molar-refractivity contribution is 6.01. The smallest absolute Gasteiger partial charge is 0.417 e. The number of hydrazine groups is 1. The summed E-state index contributed by atoms with van der Waals surface area (Å²) in [5, 5.41) is -0.250. The van der Waals surface area contributed by atoms with Crippen molar-refractivity contribution in [1.82, 2.24) is 15.8 Å². The lowest BCUT2D eigenvalue weighted by Crippen LogP contribution is -2.47. The summed E-state index contributed by atoms with van der Waals surface area (Å²) in [6.07, 6.45) is -5.29. The highest BCUT2D eigenvalue weighted by atomic mass is 19.4. The molecule has 0 aliphatic rings. The van der Waals surface area contributed by atoms with E-state index in [0.717, 1.165) is 12.3 Å². The second-order valence-corrected chi connectivity index (χ2v) is 6.20. The molecule has 0 bridgehead atoms. The van der Waals surface area contributed by atoms with Gasteiger partial charge in [-0.15, -0.1) is 0 Å². The van der Waals surface area contributed by atoms with E-state index in [-0.39, 0.29) is 16.7 Å². The fraction of sp³-hybridized carbons (Fsp3) is 0.150.